The zero-order valence-corrected chi connectivity index (χ0v) is 14.4. The molecule has 0 heterocycles. The predicted octanol–water partition coefficient (Wildman–Crippen LogP) is 2.82. The van der Waals surface area contributed by atoms with Crippen molar-refractivity contribution in [2.75, 3.05) is 32.8 Å². The molecule has 0 bridgehead atoms. The van der Waals surface area contributed by atoms with Gasteiger partial charge in [0.05, 0.1) is 6.61 Å². The molecule has 1 N–H and O–H groups in total. The van der Waals surface area contributed by atoms with E-state index in [-0.39, 0.29) is 5.97 Å². The number of hydrogen-bond donors (Lipinski definition) is 1. The first-order chi connectivity index (χ1) is 10.1. The fourth-order valence-corrected chi connectivity index (χ4v) is 3.53. The van der Waals surface area contributed by atoms with Crippen LogP contribution >= 0.6 is 0 Å². The van der Waals surface area contributed by atoms with Crippen LogP contribution in [0.5, 0.6) is 0 Å². The van der Waals surface area contributed by atoms with E-state index in [1.54, 1.807) is 0 Å². The van der Waals surface area contributed by atoms with Gasteiger partial charge in [0.1, 0.15) is 5.54 Å². The van der Waals surface area contributed by atoms with Gasteiger partial charge in [0.15, 0.2) is 0 Å². The Morgan fingerprint density at radius 3 is 2.57 bits per heavy atom. The Bertz CT molecular complexity index is 305. The van der Waals surface area contributed by atoms with Gasteiger partial charge in [-0.1, -0.05) is 27.2 Å². The van der Waals surface area contributed by atoms with E-state index < -0.39 is 5.54 Å². The zero-order chi connectivity index (χ0) is 15.7. The van der Waals surface area contributed by atoms with Crippen molar-refractivity contribution in [1.29, 1.82) is 0 Å². The van der Waals surface area contributed by atoms with Gasteiger partial charge < -0.3 is 15.0 Å². The second-order valence-corrected chi connectivity index (χ2v) is 6.02. The van der Waals surface area contributed by atoms with E-state index in [1.807, 2.05) is 6.92 Å². The zero-order valence-electron chi connectivity index (χ0n) is 14.4. The van der Waals surface area contributed by atoms with Crippen molar-refractivity contribution in [2.24, 2.45) is 5.92 Å². The van der Waals surface area contributed by atoms with Crippen molar-refractivity contribution in [3.8, 4) is 0 Å². The summed E-state index contributed by atoms with van der Waals surface area (Å²) in [6.07, 6.45) is 5.31. The molecule has 2 atom stereocenters. The summed E-state index contributed by atoms with van der Waals surface area (Å²) in [5, 5.41) is 3.55. The van der Waals surface area contributed by atoms with Gasteiger partial charge in [-0.15, -0.1) is 0 Å². The van der Waals surface area contributed by atoms with E-state index in [0.717, 1.165) is 58.3 Å². The Balaban J connectivity index is 2.75. The quantitative estimate of drug-likeness (QED) is 0.630. The first kappa shape index (κ1) is 18.4. The number of hydrogen-bond acceptors (Lipinski definition) is 4. The topological polar surface area (TPSA) is 41.6 Å². The van der Waals surface area contributed by atoms with Gasteiger partial charge in [0, 0.05) is 0 Å². The molecule has 0 aromatic carbocycles. The molecule has 1 rings (SSSR count). The average molecular weight is 298 g/mol. The van der Waals surface area contributed by atoms with Crippen molar-refractivity contribution in [2.45, 2.75) is 65.3 Å². The maximum Gasteiger partial charge on any atom is 0.326 e. The van der Waals surface area contributed by atoms with Gasteiger partial charge in [-0.25, -0.2) is 0 Å². The van der Waals surface area contributed by atoms with Crippen molar-refractivity contribution in [3.05, 3.63) is 0 Å². The van der Waals surface area contributed by atoms with Crippen LogP contribution in [0.3, 0.4) is 0 Å². The molecule has 1 fully saturated rings. The lowest BCUT2D eigenvalue weighted by Gasteiger charge is -2.35. The predicted molar refractivity (Wildman–Crippen MR) is 87.4 cm³/mol. The van der Waals surface area contributed by atoms with E-state index in [9.17, 15) is 4.79 Å². The van der Waals surface area contributed by atoms with Crippen LogP contribution in [0.2, 0.25) is 0 Å². The van der Waals surface area contributed by atoms with Crippen LogP contribution in [-0.2, 0) is 9.53 Å². The Morgan fingerprint density at radius 1 is 1.29 bits per heavy atom. The smallest absolute Gasteiger partial charge is 0.326 e. The summed E-state index contributed by atoms with van der Waals surface area (Å²) in [5.74, 6) is 0.379. The van der Waals surface area contributed by atoms with E-state index in [0.29, 0.717) is 12.5 Å². The van der Waals surface area contributed by atoms with Crippen LogP contribution in [0.25, 0.3) is 0 Å². The molecule has 2 unspecified atom stereocenters. The Labute approximate surface area is 130 Å². The highest BCUT2D eigenvalue weighted by atomic mass is 16.5. The van der Waals surface area contributed by atoms with Crippen molar-refractivity contribution in [3.63, 3.8) is 0 Å². The third-order valence-electron chi connectivity index (χ3n) is 4.84. The Morgan fingerprint density at radius 2 is 2.00 bits per heavy atom. The van der Waals surface area contributed by atoms with Gasteiger partial charge in [-0.05, 0) is 64.7 Å². The second-order valence-electron chi connectivity index (χ2n) is 6.02. The minimum Gasteiger partial charge on any atom is -0.465 e. The molecule has 1 aliphatic carbocycles. The summed E-state index contributed by atoms with van der Waals surface area (Å²) in [7, 11) is 0. The molecule has 1 aliphatic rings. The summed E-state index contributed by atoms with van der Waals surface area (Å²) in [6, 6.07) is 0. The van der Waals surface area contributed by atoms with Gasteiger partial charge in [-0.2, -0.15) is 0 Å². The van der Waals surface area contributed by atoms with Crippen LogP contribution in [0, 0.1) is 5.92 Å². The molecule has 0 aromatic heterocycles. The molecule has 0 aliphatic heterocycles. The van der Waals surface area contributed by atoms with Gasteiger partial charge in [0.25, 0.3) is 0 Å². The van der Waals surface area contributed by atoms with Crippen molar-refractivity contribution < 1.29 is 9.53 Å². The first-order valence-electron chi connectivity index (χ1n) is 8.79. The van der Waals surface area contributed by atoms with Gasteiger partial charge >= 0.3 is 5.97 Å². The van der Waals surface area contributed by atoms with Crippen LogP contribution < -0.4 is 5.32 Å². The molecular weight excluding hydrogens is 264 g/mol. The van der Waals surface area contributed by atoms with Crippen molar-refractivity contribution in [1.82, 2.24) is 10.2 Å². The summed E-state index contributed by atoms with van der Waals surface area (Å²) in [5.41, 5.74) is -0.431. The standard InChI is InChI=1S/C17H34N2O2/c1-5-13-18-17(16(20)21-8-4)12-9-10-15(17)11-14-19(6-2)7-3/h15,18H,5-14H2,1-4H3. The average Bonchev–Trinajstić information content (AvgIpc) is 2.90. The number of carbonyl (C=O) groups excluding carboxylic acids is 1. The van der Waals surface area contributed by atoms with E-state index in [1.165, 1.54) is 0 Å². The molecule has 124 valence electrons. The fraction of sp³-hybridized carbons (Fsp3) is 0.941. The third kappa shape index (κ3) is 4.68. The highest BCUT2D eigenvalue weighted by molar-refractivity contribution is 5.81. The summed E-state index contributed by atoms with van der Waals surface area (Å²) in [4.78, 5) is 15.0. The monoisotopic (exact) mass is 298 g/mol. The minimum absolute atomic E-state index is 0.0273. The summed E-state index contributed by atoms with van der Waals surface area (Å²) >= 11 is 0. The molecule has 0 saturated heterocycles. The summed E-state index contributed by atoms with van der Waals surface area (Å²) in [6.45, 7) is 13.0. The van der Waals surface area contributed by atoms with Crippen LogP contribution in [0.4, 0.5) is 0 Å². The SMILES string of the molecule is CCCNC1(C(=O)OCC)CCCC1CCN(CC)CC. The van der Waals surface area contributed by atoms with Crippen LogP contribution in [0.15, 0.2) is 0 Å². The maximum atomic E-state index is 12.6. The Hall–Kier alpha value is -0.610. The van der Waals surface area contributed by atoms with Gasteiger partial charge in [-0.3, -0.25) is 4.79 Å². The maximum absolute atomic E-state index is 12.6. The molecule has 21 heavy (non-hydrogen) atoms. The Kier molecular flexibility index (Phi) is 8.27. The number of nitrogens with zero attached hydrogens (tertiary/aromatic N) is 1. The van der Waals surface area contributed by atoms with Gasteiger partial charge in [0.2, 0.25) is 0 Å². The number of carbonyl (C=O) groups is 1. The lowest BCUT2D eigenvalue weighted by Crippen LogP contribution is -2.56. The molecule has 0 aromatic rings. The number of esters is 1. The molecule has 4 nitrogen and oxygen atoms in total. The number of ether oxygens (including phenoxy) is 1. The number of rotatable bonds is 10. The van der Waals surface area contributed by atoms with E-state index in [2.05, 4.69) is 31.0 Å². The largest absolute Gasteiger partial charge is 0.465 e. The highest BCUT2D eigenvalue weighted by Crippen LogP contribution is 2.39. The first-order valence-corrected chi connectivity index (χ1v) is 8.79. The lowest BCUT2D eigenvalue weighted by molar-refractivity contribution is -0.153. The minimum atomic E-state index is -0.431. The highest BCUT2D eigenvalue weighted by Gasteiger charge is 2.49. The van der Waals surface area contributed by atoms with Crippen LogP contribution in [0.1, 0.15) is 59.8 Å². The molecule has 4 heteroatoms. The molecular formula is C17H34N2O2. The van der Waals surface area contributed by atoms with Crippen molar-refractivity contribution >= 4 is 5.97 Å². The summed E-state index contributed by atoms with van der Waals surface area (Å²) < 4.78 is 5.40. The third-order valence-corrected chi connectivity index (χ3v) is 4.84. The number of nitrogens with one attached hydrogen (secondary N) is 1. The molecule has 0 radical (unpaired) electrons. The molecule has 0 amide bonds. The molecule has 0 spiro atoms. The normalized spacial score (nSPS) is 25.5. The fourth-order valence-electron chi connectivity index (χ4n) is 3.53. The lowest BCUT2D eigenvalue weighted by atomic mass is 9.84. The second kappa shape index (κ2) is 9.42. The van der Waals surface area contributed by atoms with E-state index >= 15 is 0 Å². The molecule has 1 saturated carbocycles. The van der Waals surface area contributed by atoms with E-state index in [4.69, 9.17) is 4.74 Å². The van der Waals surface area contributed by atoms with Crippen LogP contribution in [-0.4, -0.2) is 49.2 Å².